The van der Waals surface area contributed by atoms with Crippen molar-refractivity contribution in [1.29, 1.82) is 0 Å². The van der Waals surface area contributed by atoms with Gasteiger partial charge < -0.3 is 11.1 Å². The molecule has 6 heteroatoms. The molecule has 1 heterocycles. The molecule has 0 aliphatic heterocycles. The van der Waals surface area contributed by atoms with E-state index in [4.69, 9.17) is 5.73 Å². The van der Waals surface area contributed by atoms with Crippen molar-refractivity contribution in [3.63, 3.8) is 0 Å². The predicted molar refractivity (Wildman–Crippen MR) is 44.9 cm³/mol. The number of nitrogens with two attached hydrogens (primary N) is 1. The van der Waals surface area contributed by atoms with Crippen molar-refractivity contribution >= 4 is 28.3 Å². The largest absolute Gasteiger partial charge is 0.364 e. The molecule has 1 rings (SSSR count). The molecule has 0 bridgehead atoms. The summed E-state index contributed by atoms with van der Waals surface area (Å²) in [6.45, 7) is 1.37. The summed E-state index contributed by atoms with van der Waals surface area (Å²) >= 11 is 1.16. The Morgan fingerprint density at radius 2 is 2.33 bits per heavy atom. The minimum absolute atomic E-state index is 0.170. The fraction of sp³-hybridized carbons (Fsp3) is 0.167. The van der Waals surface area contributed by atoms with E-state index in [0.717, 1.165) is 11.3 Å². The third-order valence-corrected chi connectivity index (χ3v) is 1.80. The molecule has 2 amide bonds. The lowest BCUT2D eigenvalue weighted by molar-refractivity contribution is -0.114. The van der Waals surface area contributed by atoms with Gasteiger partial charge in [-0.05, 0) is 0 Å². The molecule has 3 N–H and O–H groups in total. The molecule has 1 aromatic rings. The van der Waals surface area contributed by atoms with Gasteiger partial charge in [0.15, 0.2) is 5.13 Å². The molecule has 0 saturated heterocycles. The van der Waals surface area contributed by atoms with Gasteiger partial charge in [-0.1, -0.05) is 0 Å². The van der Waals surface area contributed by atoms with Gasteiger partial charge in [0.2, 0.25) is 5.91 Å². The average Bonchev–Trinajstić information content (AvgIpc) is 2.34. The zero-order valence-electron chi connectivity index (χ0n) is 6.33. The first-order chi connectivity index (χ1) is 5.59. The van der Waals surface area contributed by atoms with Crippen LogP contribution in [0.2, 0.25) is 0 Å². The topological polar surface area (TPSA) is 85.1 Å². The summed E-state index contributed by atoms with van der Waals surface area (Å²) in [6.07, 6.45) is 0. The van der Waals surface area contributed by atoms with E-state index >= 15 is 0 Å². The molecule has 12 heavy (non-hydrogen) atoms. The molecule has 1 aromatic heterocycles. The van der Waals surface area contributed by atoms with Crippen molar-refractivity contribution in [2.75, 3.05) is 5.32 Å². The first kappa shape index (κ1) is 8.66. The zero-order chi connectivity index (χ0) is 9.14. The van der Waals surface area contributed by atoms with Crippen LogP contribution in [0, 0.1) is 0 Å². The molecule has 0 saturated carbocycles. The molecule has 0 radical (unpaired) electrons. The lowest BCUT2D eigenvalue weighted by atomic mass is 10.5. The maximum atomic E-state index is 10.6. The Hall–Kier alpha value is -1.43. The molecule has 0 fully saturated rings. The normalized spacial score (nSPS) is 9.42. The lowest BCUT2D eigenvalue weighted by Gasteiger charge is -1.92. The van der Waals surface area contributed by atoms with E-state index in [0.29, 0.717) is 5.13 Å². The Balaban J connectivity index is 2.77. The number of rotatable bonds is 2. The second kappa shape index (κ2) is 3.31. The van der Waals surface area contributed by atoms with Gasteiger partial charge in [0.05, 0.1) is 0 Å². The van der Waals surface area contributed by atoms with Crippen molar-refractivity contribution in [2.45, 2.75) is 6.92 Å². The van der Waals surface area contributed by atoms with E-state index in [-0.39, 0.29) is 11.6 Å². The second-order valence-electron chi connectivity index (χ2n) is 2.08. The Morgan fingerprint density at radius 1 is 1.67 bits per heavy atom. The van der Waals surface area contributed by atoms with Crippen molar-refractivity contribution in [3.8, 4) is 0 Å². The molecule has 64 valence electrons. The summed E-state index contributed by atoms with van der Waals surface area (Å²) in [4.78, 5) is 24.8. The summed E-state index contributed by atoms with van der Waals surface area (Å²) in [6, 6.07) is 0. The standard InChI is InChI=1S/C6H7N3O2S/c1-3(10)8-6-9-4(2-12-6)5(7)11/h2H,1H3,(H2,7,11)(H,8,9,10). The highest BCUT2D eigenvalue weighted by molar-refractivity contribution is 7.14. The number of anilines is 1. The molecular weight excluding hydrogens is 178 g/mol. The highest BCUT2D eigenvalue weighted by Gasteiger charge is 2.06. The molecule has 0 atom stereocenters. The van der Waals surface area contributed by atoms with E-state index in [1.807, 2.05) is 0 Å². The number of hydrogen-bond donors (Lipinski definition) is 2. The fourth-order valence-electron chi connectivity index (χ4n) is 0.595. The summed E-state index contributed by atoms with van der Waals surface area (Å²) in [5.74, 6) is -0.816. The minimum atomic E-state index is -0.595. The first-order valence-electron chi connectivity index (χ1n) is 3.12. The number of nitrogens with zero attached hydrogens (tertiary/aromatic N) is 1. The van der Waals surface area contributed by atoms with Gasteiger partial charge in [0.1, 0.15) is 5.69 Å². The van der Waals surface area contributed by atoms with Crippen LogP contribution < -0.4 is 11.1 Å². The van der Waals surface area contributed by atoms with Crippen LogP contribution in [0.4, 0.5) is 5.13 Å². The molecule has 0 aliphatic rings. The van der Waals surface area contributed by atoms with Crippen LogP contribution in [0.3, 0.4) is 0 Å². The molecular formula is C6H7N3O2S. The molecule has 0 spiro atoms. The van der Waals surface area contributed by atoms with Crippen LogP contribution in [0.5, 0.6) is 0 Å². The maximum Gasteiger partial charge on any atom is 0.268 e. The Labute approximate surface area is 72.6 Å². The van der Waals surface area contributed by atoms with Gasteiger partial charge in [-0.3, -0.25) is 9.59 Å². The number of thiazole rings is 1. The monoisotopic (exact) mass is 185 g/mol. The summed E-state index contributed by atoms with van der Waals surface area (Å²) in [5, 5.41) is 4.32. The van der Waals surface area contributed by atoms with E-state index in [2.05, 4.69) is 10.3 Å². The smallest absolute Gasteiger partial charge is 0.268 e. The van der Waals surface area contributed by atoms with Gasteiger partial charge in [-0.25, -0.2) is 4.98 Å². The van der Waals surface area contributed by atoms with Gasteiger partial charge in [-0.15, -0.1) is 11.3 Å². The molecule has 5 nitrogen and oxygen atoms in total. The number of carbonyl (C=O) groups excluding carboxylic acids is 2. The summed E-state index contributed by atoms with van der Waals surface area (Å²) < 4.78 is 0. The van der Waals surface area contributed by atoms with Crippen molar-refractivity contribution < 1.29 is 9.59 Å². The quantitative estimate of drug-likeness (QED) is 0.690. The number of amides is 2. The Bertz CT molecular complexity index is 320. The van der Waals surface area contributed by atoms with E-state index < -0.39 is 5.91 Å². The van der Waals surface area contributed by atoms with Crippen LogP contribution in [0.25, 0.3) is 0 Å². The number of hydrogen-bond acceptors (Lipinski definition) is 4. The number of nitrogens with one attached hydrogen (secondary N) is 1. The number of aromatic nitrogens is 1. The van der Waals surface area contributed by atoms with Gasteiger partial charge in [0, 0.05) is 12.3 Å². The van der Waals surface area contributed by atoms with Crippen LogP contribution in [0.1, 0.15) is 17.4 Å². The van der Waals surface area contributed by atoms with Gasteiger partial charge in [0.25, 0.3) is 5.91 Å². The third-order valence-electron chi connectivity index (χ3n) is 1.04. The van der Waals surface area contributed by atoms with E-state index in [1.165, 1.54) is 12.3 Å². The average molecular weight is 185 g/mol. The summed E-state index contributed by atoms with van der Waals surface area (Å²) in [5.41, 5.74) is 5.12. The Kier molecular flexibility index (Phi) is 2.39. The van der Waals surface area contributed by atoms with Crippen LogP contribution >= 0.6 is 11.3 Å². The highest BCUT2D eigenvalue weighted by atomic mass is 32.1. The van der Waals surface area contributed by atoms with Crippen LogP contribution in [-0.2, 0) is 4.79 Å². The van der Waals surface area contributed by atoms with Crippen molar-refractivity contribution in [1.82, 2.24) is 4.98 Å². The SMILES string of the molecule is CC(=O)Nc1nc(C(N)=O)cs1. The van der Waals surface area contributed by atoms with E-state index in [1.54, 1.807) is 0 Å². The lowest BCUT2D eigenvalue weighted by Crippen LogP contribution is -2.12. The maximum absolute atomic E-state index is 10.6. The second-order valence-corrected chi connectivity index (χ2v) is 2.94. The number of primary amides is 1. The van der Waals surface area contributed by atoms with Crippen LogP contribution in [0.15, 0.2) is 5.38 Å². The fourth-order valence-corrected chi connectivity index (χ4v) is 1.34. The van der Waals surface area contributed by atoms with E-state index in [9.17, 15) is 9.59 Å². The molecule has 0 aromatic carbocycles. The van der Waals surface area contributed by atoms with Crippen molar-refractivity contribution in [3.05, 3.63) is 11.1 Å². The van der Waals surface area contributed by atoms with Gasteiger partial charge >= 0.3 is 0 Å². The third kappa shape index (κ3) is 2.03. The van der Waals surface area contributed by atoms with Crippen LogP contribution in [-0.4, -0.2) is 16.8 Å². The van der Waals surface area contributed by atoms with Crippen molar-refractivity contribution in [2.24, 2.45) is 5.73 Å². The Morgan fingerprint density at radius 3 is 2.75 bits per heavy atom. The highest BCUT2D eigenvalue weighted by Crippen LogP contribution is 2.14. The van der Waals surface area contributed by atoms with Gasteiger partial charge in [-0.2, -0.15) is 0 Å². The minimum Gasteiger partial charge on any atom is -0.364 e. The first-order valence-corrected chi connectivity index (χ1v) is 4.00. The summed E-state index contributed by atoms with van der Waals surface area (Å²) in [7, 11) is 0. The molecule has 0 aliphatic carbocycles. The molecule has 0 unspecified atom stereocenters. The number of carbonyl (C=O) groups is 2. The predicted octanol–water partition coefficient (Wildman–Crippen LogP) is 0.200. The zero-order valence-corrected chi connectivity index (χ0v) is 7.14.